The van der Waals surface area contributed by atoms with Crippen molar-refractivity contribution in [1.82, 2.24) is 14.8 Å². The molecular formula is C9H16ClN3O3S. The normalized spacial score (nSPS) is 13.0. The van der Waals surface area contributed by atoms with Crippen LogP contribution in [0.25, 0.3) is 0 Å². The average Bonchev–Trinajstić information content (AvgIpc) is 2.59. The van der Waals surface area contributed by atoms with Crippen molar-refractivity contribution in [2.75, 3.05) is 7.11 Å². The van der Waals surface area contributed by atoms with Crippen LogP contribution in [0, 0.1) is 0 Å². The van der Waals surface area contributed by atoms with E-state index in [1.807, 2.05) is 13.8 Å². The molecule has 0 saturated heterocycles. The van der Waals surface area contributed by atoms with E-state index in [-0.39, 0.29) is 5.16 Å². The van der Waals surface area contributed by atoms with E-state index in [4.69, 9.17) is 15.4 Å². The first-order valence-electron chi connectivity index (χ1n) is 5.13. The van der Waals surface area contributed by atoms with Crippen LogP contribution < -0.4 is 0 Å². The Bertz CT molecular complexity index is 496. The molecule has 0 spiro atoms. The van der Waals surface area contributed by atoms with E-state index in [2.05, 4.69) is 10.2 Å². The molecule has 0 atom stereocenters. The summed E-state index contributed by atoms with van der Waals surface area (Å²) >= 11 is 0. The van der Waals surface area contributed by atoms with Crippen molar-refractivity contribution < 1.29 is 13.2 Å². The minimum absolute atomic E-state index is 0.219. The van der Waals surface area contributed by atoms with Crippen LogP contribution in [0.15, 0.2) is 5.16 Å². The summed E-state index contributed by atoms with van der Waals surface area (Å²) in [6.45, 7) is 6.01. The van der Waals surface area contributed by atoms with Crippen LogP contribution in [0.5, 0.6) is 0 Å². The van der Waals surface area contributed by atoms with E-state index in [9.17, 15) is 8.42 Å². The van der Waals surface area contributed by atoms with Crippen LogP contribution in [0.1, 0.15) is 26.6 Å². The molecule has 6 nitrogen and oxygen atoms in total. The van der Waals surface area contributed by atoms with Gasteiger partial charge in [-0.1, -0.05) is 0 Å². The van der Waals surface area contributed by atoms with E-state index >= 15 is 0 Å². The zero-order valence-corrected chi connectivity index (χ0v) is 11.8. The van der Waals surface area contributed by atoms with Crippen molar-refractivity contribution in [2.45, 2.75) is 44.5 Å². The molecule has 98 valence electrons. The van der Waals surface area contributed by atoms with Gasteiger partial charge in [0.2, 0.25) is 0 Å². The summed E-state index contributed by atoms with van der Waals surface area (Å²) in [6.07, 6.45) is 0.455. The van der Waals surface area contributed by atoms with Crippen molar-refractivity contribution in [3.05, 3.63) is 5.82 Å². The van der Waals surface area contributed by atoms with Gasteiger partial charge in [0.1, 0.15) is 5.82 Å². The summed E-state index contributed by atoms with van der Waals surface area (Å²) < 4.78 is 29.3. The standard InChI is InChI=1S/C9H16ClN3O3S/c1-5-13-7(6-9(2,3)16-4)11-12-8(13)17(10,14)15/h5-6H2,1-4H3. The first-order chi connectivity index (χ1) is 7.71. The molecule has 1 aromatic heterocycles. The zero-order valence-electron chi connectivity index (χ0n) is 10.3. The van der Waals surface area contributed by atoms with Gasteiger partial charge in [-0.15, -0.1) is 10.2 Å². The zero-order chi connectivity index (χ0) is 13.3. The SMILES string of the molecule is CCn1c(CC(C)(C)OC)nnc1S(=O)(=O)Cl. The lowest BCUT2D eigenvalue weighted by Gasteiger charge is -2.22. The molecule has 0 N–H and O–H groups in total. The third-order valence-corrected chi connectivity index (χ3v) is 3.62. The molecule has 0 aliphatic rings. The summed E-state index contributed by atoms with van der Waals surface area (Å²) in [4.78, 5) is 0. The van der Waals surface area contributed by atoms with Crippen LogP contribution in [0.2, 0.25) is 0 Å². The lowest BCUT2D eigenvalue weighted by molar-refractivity contribution is 0.0207. The Balaban J connectivity index is 3.16. The third kappa shape index (κ3) is 3.40. The van der Waals surface area contributed by atoms with Crippen molar-refractivity contribution in [1.29, 1.82) is 0 Å². The Morgan fingerprint density at radius 2 is 2.00 bits per heavy atom. The molecule has 0 aliphatic heterocycles. The average molecular weight is 282 g/mol. The van der Waals surface area contributed by atoms with E-state index in [0.717, 1.165) is 0 Å². The second kappa shape index (κ2) is 4.91. The minimum atomic E-state index is -3.87. The molecule has 17 heavy (non-hydrogen) atoms. The number of methoxy groups -OCH3 is 1. The quantitative estimate of drug-likeness (QED) is 0.758. The fourth-order valence-corrected chi connectivity index (χ4v) is 2.38. The Labute approximate surface area is 105 Å². The lowest BCUT2D eigenvalue weighted by Crippen LogP contribution is -2.27. The topological polar surface area (TPSA) is 74.1 Å². The molecule has 0 radical (unpaired) electrons. The molecular weight excluding hydrogens is 266 g/mol. The summed E-state index contributed by atoms with van der Waals surface area (Å²) in [5.74, 6) is 0.540. The maximum absolute atomic E-state index is 11.3. The second-order valence-electron chi connectivity index (χ2n) is 4.22. The van der Waals surface area contributed by atoms with Crippen LogP contribution in [0.3, 0.4) is 0 Å². The monoisotopic (exact) mass is 281 g/mol. The van der Waals surface area contributed by atoms with Gasteiger partial charge in [0.05, 0.1) is 5.60 Å². The van der Waals surface area contributed by atoms with Gasteiger partial charge in [0, 0.05) is 30.8 Å². The third-order valence-electron chi connectivity index (χ3n) is 2.46. The second-order valence-corrected chi connectivity index (χ2v) is 6.68. The van der Waals surface area contributed by atoms with Gasteiger partial charge in [-0.05, 0) is 20.8 Å². The number of rotatable bonds is 5. The maximum atomic E-state index is 11.3. The molecule has 0 bridgehead atoms. The lowest BCUT2D eigenvalue weighted by atomic mass is 10.1. The van der Waals surface area contributed by atoms with Gasteiger partial charge in [0.15, 0.2) is 0 Å². The minimum Gasteiger partial charge on any atom is -0.378 e. The number of halogens is 1. The Morgan fingerprint density at radius 1 is 1.41 bits per heavy atom. The van der Waals surface area contributed by atoms with Crippen LogP contribution in [-0.2, 0) is 26.8 Å². The molecule has 1 heterocycles. The first-order valence-corrected chi connectivity index (χ1v) is 7.44. The molecule has 0 aromatic carbocycles. The van der Waals surface area contributed by atoms with Crippen molar-refractivity contribution in [3.63, 3.8) is 0 Å². The van der Waals surface area contributed by atoms with Gasteiger partial charge >= 0.3 is 0 Å². The van der Waals surface area contributed by atoms with E-state index in [0.29, 0.717) is 18.8 Å². The van der Waals surface area contributed by atoms with Gasteiger partial charge in [-0.25, -0.2) is 8.42 Å². The molecule has 1 rings (SSSR count). The Morgan fingerprint density at radius 3 is 2.41 bits per heavy atom. The summed E-state index contributed by atoms with van der Waals surface area (Å²) in [5, 5.41) is 7.25. The van der Waals surface area contributed by atoms with Gasteiger partial charge in [0.25, 0.3) is 14.2 Å². The predicted octanol–water partition coefficient (Wildman–Crippen LogP) is 1.19. The number of nitrogens with zero attached hydrogens (tertiary/aromatic N) is 3. The molecule has 0 saturated carbocycles. The smallest absolute Gasteiger partial charge is 0.296 e. The van der Waals surface area contributed by atoms with Crippen LogP contribution in [0.4, 0.5) is 0 Å². The molecule has 0 fully saturated rings. The molecule has 1 aromatic rings. The number of ether oxygens (including phenoxy) is 1. The van der Waals surface area contributed by atoms with Crippen LogP contribution in [-0.4, -0.2) is 35.9 Å². The summed E-state index contributed by atoms with van der Waals surface area (Å²) in [7, 11) is 3.00. The highest BCUT2D eigenvalue weighted by Crippen LogP contribution is 2.19. The summed E-state index contributed by atoms with van der Waals surface area (Å²) in [6, 6.07) is 0. The number of aromatic nitrogens is 3. The highest BCUT2D eigenvalue weighted by molar-refractivity contribution is 8.13. The highest BCUT2D eigenvalue weighted by atomic mass is 35.7. The largest absolute Gasteiger partial charge is 0.378 e. The molecule has 0 amide bonds. The van der Waals surface area contributed by atoms with Crippen LogP contribution >= 0.6 is 10.7 Å². The molecule has 0 unspecified atom stereocenters. The maximum Gasteiger partial charge on any atom is 0.296 e. The van der Waals surface area contributed by atoms with Gasteiger partial charge < -0.3 is 9.30 Å². The van der Waals surface area contributed by atoms with Gasteiger partial charge in [-0.3, -0.25) is 0 Å². The predicted molar refractivity (Wildman–Crippen MR) is 63.5 cm³/mol. The van der Waals surface area contributed by atoms with E-state index < -0.39 is 14.7 Å². The Hall–Kier alpha value is -0.660. The molecule has 8 heteroatoms. The van der Waals surface area contributed by atoms with E-state index in [1.54, 1.807) is 14.0 Å². The van der Waals surface area contributed by atoms with Crippen molar-refractivity contribution in [3.8, 4) is 0 Å². The summed E-state index contributed by atoms with van der Waals surface area (Å²) in [5.41, 5.74) is -0.437. The van der Waals surface area contributed by atoms with Crippen molar-refractivity contribution in [2.24, 2.45) is 0 Å². The van der Waals surface area contributed by atoms with E-state index in [1.165, 1.54) is 4.57 Å². The highest BCUT2D eigenvalue weighted by Gasteiger charge is 2.26. The Kier molecular flexibility index (Phi) is 4.16. The fourth-order valence-electron chi connectivity index (χ4n) is 1.40. The van der Waals surface area contributed by atoms with Crippen molar-refractivity contribution >= 4 is 19.7 Å². The molecule has 0 aliphatic carbocycles. The number of hydrogen-bond donors (Lipinski definition) is 0. The first kappa shape index (κ1) is 14.4. The fraction of sp³-hybridized carbons (Fsp3) is 0.778. The van der Waals surface area contributed by atoms with Gasteiger partial charge in [-0.2, -0.15) is 0 Å². The number of hydrogen-bond acceptors (Lipinski definition) is 5.